The highest BCUT2D eigenvalue weighted by Gasteiger charge is 2.04. The predicted octanol–water partition coefficient (Wildman–Crippen LogP) is -0.375. The van der Waals surface area contributed by atoms with Gasteiger partial charge in [-0.2, -0.15) is 0 Å². The van der Waals surface area contributed by atoms with Crippen molar-refractivity contribution in [2.24, 2.45) is 5.73 Å². The molecule has 0 spiro atoms. The van der Waals surface area contributed by atoms with Gasteiger partial charge in [0.1, 0.15) is 6.54 Å². The van der Waals surface area contributed by atoms with Crippen molar-refractivity contribution in [3.8, 4) is 0 Å². The Hall–Kier alpha value is -0.120. The Morgan fingerprint density at radius 3 is 2.22 bits per heavy atom. The molecular formula is C6H17N2O+. The molecule has 0 aliphatic carbocycles. The zero-order valence-corrected chi connectivity index (χ0v) is 6.55. The molecule has 0 radical (unpaired) electrons. The van der Waals surface area contributed by atoms with E-state index < -0.39 is 0 Å². The zero-order valence-electron chi connectivity index (χ0n) is 6.55. The second kappa shape index (κ2) is 3.82. The van der Waals surface area contributed by atoms with Crippen molar-refractivity contribution in [3.63, 3.8) is 0 Å². The average Bonchev–Trinajstić information content (AvgIpc) is 1.63. The minimum absolute atomic E-state index is 0.333. The largest absolute Gasteiger partial charge is 0.361 e. The van der Waals surface area contributed by atoms with Crippen LogP contribution in [0.1, 0.15) is 0 Å². The molecule has 9 heavy (non-hydrogen) atoms. The fourth-order valence-electron chi connectivity index (χ4n) is 0.422. The lowest BCUT2D eigenvalue weighted by Crippen LogP contribution is -2.37. The van der Waals surface area contributed by atoms with Crippen LogP contribution >= 0.6 is 0 Å². The van der Waals surface area contributed by atoms with Crippen LogP contribution in [0.5, 0.6) is 0 Å². The third-order valence-electron chi connectivity index (χ3n) is 1.02. The molecule has 0 unspecified atom stereocenters. The van der Waals surface area contributed by atoms with Gasteiger partial charge in [0.25, 0.3) is 0 Å². The minimum Gasteiger partial charge on any atom is -0.361 e. The van der Waals surface area contributed by atoms with Crippen LogP contribution in [0.2, 0.25) is 0 Å². The maximum Gasteiger partial charge on any atom is 0.102 e. The van der Waals surface area contributed by atoms with Gasteiger partial charge < -0.3 is 15.0 Å². The maximum atomic E-state index is 5.13. The van der Waals surface area contributed by atoms with Crippen molar-refractivity contribution >= 4 is 0 Å². The molecule has 0 atom stereocenters. The van der Waals surface area contributed by atoms with Gasteiger partial charge in [0.05, 0.1) is 34.5 Å². The van der Waals surface area contributed by atoms with Crippen LogP contribution in [0.25, 0.3) is 0 Å². The summed E-state index contributed by atoms with van der Waals surface area (Å²) in [5.74, 6) is 0. The molecule has 56 valence electrons. The Labute approximate surface area is 57.0 Å². The fraction of sp³-hybridized carbons (Fsp3) is 1.00. The Bertz CT molecular complexity index is 67.9. The number of nitrogens with zero attached hydrogens (tertiary/aromatic N) is 1. The molecule has 3 heteroatoms. The maximum absolute atomic E-state index is 5.13. The monoisotopic (exact) mass is 133 g/mol. The first-order valence-electron chi connectivity index (χ1n) is 3.14. The molecule has 0 heterocycles. The number of hydrogen-bond donors (Lipinski definition) is 1. The minimum atomic E-state index is 0.333. The molecule has 2 N–H and O–H groups in total. The van der Waals surface area contributed by atoms with Gasteiger partial charge in [0.15, 0.2) is 0 Å². The van der Waals surface area contributed by atoms with Crippen LogP contribution in [0.15, 0.2) is 0 Å². The number of likely N-dealkylation sites (N-methyl/N-ethyl adjacent to an activating group) is 1. The van der Waals surface area contributed by atoms with Crippen LogP contribution in [0, 0.1) is 0 Å². The van der Waals surface area contributed by atoms with Crippen molar-refractivity contribution < 1.29 is 9.22 Å². The third kappa shape index (κ3) is 7.88. The van der Waals surface area contributed by atoms with Gasteiger partial charge in [-0.25, -0.2) is 0 Å². The van der Waals surface area contributed by atoms with E-state index in [1.165, 1.54) is 0 Å². The van der Waals surface area contributed by atoms with E-state index in [0.717, 1.165) is 17.6 Å². The summed E-state index contributed by atoms with van der Waals surface area (Å²) in [6, 6.07) is 0. The summed E-state index contributed by atoms with van der Waals surface area (Å²) >= 11 is 0. The molecule has 3 nitrogen and oxygen atoms in total. The Kier molecular flexibility index (Phi) is 3.77. The van der Waals surface area contributed by atoms with E-state index >= 15 is 0 Å². The number of nitrogens with two attached hydrogens (primary N) is 1. The summed E-state index contributed by atoms with van der Waals surface area (Å²) in [7, 11) is 6.37. The quantitative estimate of drug-likeness (QED) is 0.322. The SMILES string of the molecule is C[N+](C)(C)CCOCN. The molecule has 0 fully saturated rings. The molecule has 0 bridgehead atoms. The van der Waals surface area contributed by atoms with Gasteiger partial charge in [-0.15, -0.1) is 0 Å². The lowest BCUT2D eigenvalue weighted by atomic mass is 10.5. The van der Waals surface area contributed by atoms with Gasteiger partial charge in [-0.1, -0.05) is 0 Å². The Morgan fingerprint density at radius 1 is 1.33 bits per heavy atom. The van der Waals surface area contributed by atoms with E-state index in [0.29, 0.717) is 6.73 Å². The van der Waals surface area contributed by atoms with E-state index in [1.807, 2.05) is 0 Å². The molecule has 0 aromatic rings. The molecule has 0 aromatic carbocycles. The summed E-state index contributed by atoms with van der Waals surface area (Å²) < 4.78 is 5.90. The second-order valence-electron chi connectivity index (χ2n) is 3.09. The van der Waals surface area contributed by atoms with E-state index in [9.17, 15) is 0 Å². The van der Waals surface area contributed by atoms with Gasteiger partial charge in [-0.3, -0.25) is 0 Å². The van der Waals surface area contributed by atoms with E-state index in [2.05, 4.69) is 21.1 Å². The number of quaternary nitrogens is 1. The highest BCUT2D eigenvalue weighted by atomic mass is 16.5. The molecule has 0 rings (SSSR count). The molecule has 0 amide bonds. The number of ether oxygens (including phenoxy) is 1. The third-order valence-corrected chi connectivity index (χ3v) is 1.02. The Balaban J connectivity index is 3.07. The summed E-state index contributed by atoms with van der Waals surface area (Å²) in [6.07, 6.45) is 0. The summed E-state index contributed by atoms with van der Waals surface area (Å²) in [5.41, 5.74) is 5.13. The summed E-state index contributed by atoms with van der Waals surface area (Å²) in [5, 5.41) is 0. The lowest BCUT2D eigenvalue weighted by molar-refractivity contribution is -0.870. The molecular weight excluding hydrogens is 116 g/mol. The Morgan fingerprint density at radius 2 is 1.89 bits per heavy atom. The van der Waals surface area contributed by atoms with Crippen LogP contribution in [0.3, 0.4) is 0 Å². The van der Waals surface area contributed by atoms with Crippen LogP contribution < -0.4 is 5.73 Å². The number of rotatable bonds is 4. The van der Waals surface area contributed by atoms with Gasteiger partial charge in [0, 0.05) is 0 Å². The smallest absolute Gasteiger partial charge is 0.102 e. The summed E-state index contributed by atoms with van der Waals surface area (Å²) in [4.78, 5) is 0. The van der Waals surface area contributed by atoms with Gasteiger partial charge in [-0.05, 0) is 0 Å². The molecule has 0 aliphatic heterocycles. The molecule has 0 aromatic heterocycles. The average molecular weight is 133 g/mol. The van der Waals surface area contributed by atoms with Crippen molar-refractivity contribution in [2.75, 3.05) is 41.0 Å². The number of hydrogen-bond acceptors (Lipinski definition) is 2. The van der Waals surface area contributed by atoms with Crippen molar-refractivity contribution in [1.29, 1.82) is 0 Å². The highest BCUT2D eigenvalue weighted by Crippen LogP contribution is 1.87. The van der Waals surface area contributed by atoms with Gasteiger partial charge >= 0.3 is 0 Å². The molecule has 0 saturated carbocycles. The van der Waals surface area contributed by atoms with Gasteiger partial charge in [0.2, 0.25) is 0 Å². The fourth-order valence-corrected chi connectivity index (χ4v) is 0.422. The highest BCUT2D eigenvalue weighted by molar-refractivity contribution is 4.25. The van der Waals surface area contributed by atoms with Crippen molar-refractivity contribution in [2.45, 2.75) is 0 Å². The van der Waals surface area contributed by atoms with E-state index in [-0.39, 0.29) is 0 Å². The first-order valence-corrected chi connectivity index (χ1v) is 3.14. The lowest BCUT2D eigenvalue weighted by Gasteiger charge is -2.23. The first-order chi connectivity index (χ1) is 4.06. The van der Waals surface area contributed by atoms with Crippen molar-refractivity contribution in [3.05, 3.63) is 0 Å². The molecule has 0 saturated heterocycles. The van der Waals surface area contributed by atoms with E-state index in [4.69, 9.17) is 10.5 Å². The topological polar surface area (TPSA) is 35.2 Å². The predicted molar refractivity (Wildman–Crippen MR) is 37.9 cm³/mol. The molecule has 0 aliphatic rings. The normalized spacial score (nSPS) is 12.0. The second-order valence-corrected chi connectivity index (χ2v) is 3.09. The van der Waals surface area contributed by atoms with Crippen molar-refractivity contribution in [1.82, 2.24) is 0 Å². The van der Waals surface area contributed by atoms with Crippen LogP contribution in [-0.4, -0.2) is 45.5 Å². The standard InChI is InChI=1S/C6H17N2O/c1-8(2,3)4-5-9-6-7/h4-7H2,1-3H3/q+1. The zero-order chi connectivity index (χ0) is 7.33. The van der Waals surface area contributed by atoms with Crippen LogP contribution in [-0.2, 0) is 4.74 Å². The summed E-state index contributed by atoms with van der Waals surface area (Å²) in [6.45, 7) is 2.09. The van der Waals surface area contributed by atoms with E-state index in [1.54, 1.807) is 0 Å². The first kappa shape index (κ1) is 8.88. The van der Waals surface area contributed by atoms with Crippen LogP contribution in [0.4, 0.5) is 0 Å².